The van der Waals surface area contributed by atoms with Gasteiger partial charge < -0.3 is 10.2 Å². The Labute approximate surface area is 123 Å². The predicted octanol–water partition coefficient (Wildman–Crippen LogP) is 3.50. The Kier molecular flexibility index (Phi) is 5.39. The van der Waals surface area contributed by atoms with Crippen LogP contribution in [0.15, 0.2) is 22.7 Å². The molecule has 1 aromatic rings. The van der Waals surface area contributed by atoms with E-state index >= 15 is 0 Å². The SMILES string of the molecule is CCC1CN(c2cc(Br)ccc2CNC)CCS1. The van der Waals surface area contributed by atoms with Crippen molar-refractivity contribution >= 4 is 33.4 Å². The maximum atomic E-state index is 3.59. The van der Waals surface area contributed by atoms with Gasteiger partial charge in [-0.25, -0.2) is 0 Å². The van der Waals surface area contributed by atoms with E-state index < -0.39 is 0 Å². The fourth-order valence-electron chi connectivity index (χ4n) is 2.36. The van der Waals surface area contributed by atoms with Crippen molar-refractivity contribution in [3.63, 3.8) is 0 Å². The predicted molar refractivity (Wildman–Crippen MR) is 85.7 cm³/mol. The lowest BCUT2D eigenvalue weighted by atomic mass is 10.1. The largest absolute Gasteiger partial charge is 0.369 e. The third-order valence-electron chi connectivity index (χ3n) is 3.35. The summed E-state index contributed by atoms with van der Waals surface area (Å²) < 4.78 is 1.17. The van der Waals surface area contributed by atoms with Crippen LogP contribution < -0.4 is 10.2 Å². The van der Waals surface area contributed by atoms with Gasteiger partial charge in [-0.3, -0.25) is 0 Å². The van der Waals surface area contributed by atoms with E-state index in [1.54, 1.807) is 0 Å². The summed E-state index contributed by atoms with van der Waals surface area (Å²) in [6.07, 6.45) is 1.26. The van der Waals surface area contributed by atoms with E-state index in [4.69, 9.17) is 0 Å². The molecule has 18 heavy (non-hydrogen) atoms. The van der Waals surface area contributed by atoms with Gasteiger partial charge in [-0.2, -0.15) is 11.8 Å². The fourth-order valence-corrected chi connectivity index (χ4v) is 3.89. The molecular weight excluding hydrogens is 308 g/mol. The number of hydrogen-bond acceptors (Lipinski definition) is 3. The van der Waals surface area contributed by atoms with E-state index in [0.717, 1.165) is 18.3 Å². The van der Waals surface area contributed by atoms with E-state index in [2.05, 4.69) is 63.0 Å². The molecule has 1 atom stereocenters. The highest BCUT2D eigenvalue weighted by molar-refractivity contribution is 9.10. The molecule has 1 aliphatic rings. The smallest absolute Gasteiger partial charge is 0.0423 e. The summed E-state index contributed by atoms with van der Waals surface area (Å²) in [7, 11) is 2.01. The summed E-state index contributed by atoms with van der Waals surface area (Å²) >= 11 is 5.71. The van der Waals surface area contributed by atoms with Gasteiger partial charge in [-0.1, -0.05) is 28.9 Å². The summed E-state index contributed by atoms with van der Waals surface area (Å²) in [5.74, 6) is 1.24. The first kappa shape index (κ1) is 14.2. The summed E-state index contributed by atoms with van der Waals surface area (Å²) in [5.41, 5.74) is 2.78. The maximum absolute atomic E-state index is 3.59. The van der Waals surface area contributed by atoms with Gasteiger partial charge in [0.25, 0.3) is 0 Å². The van der Waals surface area contributed by atoms with Crippen LogP contribution in [0.1, 0.15) is 18.9 Å². The molecule has 1 unspecified atom stereocenters. The van der Waals surface area contributed by atoms with Crippen molar-refractivity contribution in [3.8, 4) is 0 Å². The summed E-state index contributed by atoms with van der Waals surface area (Å²) in [5, 5.41) is 4.04. The topological polar surface area (TPSA) is 15.3 Å². The first-order chi connectivity index (χ1) is 8.74. The molecule has 0 amide bonds. The van der Waals surface area contributed by atoms with Crippen molar-refractivity contribution in [3.05, 3.63) is 28.2 Å². The zero-order valence-corrected chi connectivity index (χ0v) is 13.5. The van der Waals surface area contributed by atoms with Crippen LogP contribution in [-0.4, -0.2) is 31.1 Å². The zero-order chi connectivity index (χ0) is 13.0. The Morgan fingerprint density at radius 3 is 3.06 bits per heavy atom. The quantitative estimate of drug-likeness (QED) is 0.910. The molecule has 0 aromatic heterocycles. The van der Waals surface area contributed by atoms with Crippen molar-refractivity contribution < 1.29 is 0 Å². The van der Waals surface area contributed by atoms with Crippen molar-refractivity contribution in [1.29, 1.82) is 0 Å². The van der Waals surface area contributed by atoms with Crippen molar-refractivity contribution in [2.75, 3.05) is 30.8 Å². The Morgan fingerprint density at radius 2 is 2.33 bits per heavy atom. The molecule has 1 N–H and O–H groups in total. The van der Waals surface area contributed by atoms with Gasteiger partial charge in [0.15, 0.2) is 0 Å². The molecule has 2 rings (SSSR count). The molecule has 0 radical (unpaired) electrons. The molecule has 1 aliphatic heterocycles. The third-order valence-corrected chi connectivity index (χ3v) is 5.21. The zero-order valence-electron chi connectivity index (χ0n) is 11.1. The van der Waals surface area contributed by atoms with Gasteiger partial charge >= 0.3 is 0 Å². The highest BCUT2D eigenvalue weighted by atomic mass is 79.9. The average Bonchev–Trinajstić information content (AvgIpc) is 2.41. The number of thioether (sulfide) groups is 1. The number of nitrogens with zero attached hydrogens (tertiary/aromatic N) is 1. The van der Waals surface area contributed by atoms with Crippen LogP contribution in [0.2, 0.25) is 0 Å². The van der Waals surface area contributed by atoms with Gasteiger partial charge in [-0.05, 0) is 31.2 Å². The van der Waals surface area contributed by atoms with E-state index in [9.17, 15) is 0 Å². The molecule has 2 nitrogen and oxygen atoms in total. The lowest BCUT2D eigenvalue weighted by Gasteiger charge is -2.35. The van der Waals surface area contributed by atoms with Crippen LogP contribution in [0.3, 0.4) is 0 Å². The van der Waals surface area contributed by atoms with Crippen LogP contribution in [0.25, 0.3) is 0 Å². The number of hydrogen-bond donors (Lipinski definition) is 1. The minimum Gasteiger partial charge on any atom is -0.369 e. The molecule has 0 spiro atoms. The Hall–Kier alpha value is -0.190. The second-order valence-corrected chi connectivity index (χ2v) is 6.97. The van der Waals surface area contributed by atoms with E-state index in [0.29, 0.717) is 0 Å². The monoisotopic (exact) mass is 328 g/mol. The van der Waals surface area contributed by atoms with Gasteiger partial charge in [0.2, 0.25) is 0 Å². The Morgan fingerprint density at radius 1 is 1.50 bits per heavy atom. The van der Waals surface area contributed by atoms with Crippen molar-refractivity contribution in [2.45, 2.75) is 25.1 Å². The molecule has 100 valence electrons. The number of nitrogens with one attached hydrogen (secondary N) is 1. The molecule has 1 aromatic carbocycles. The summed E-state index contributed by atoms with van der Waals surface area (Å²) in [6, 6.07) is 6.61. The molecule has 0 bridgehead atoms. The number of anilines is 1. The average molecular weight is 329 g/mol. The maximum Gasteiger partial charge on any atom is 0.0423 e. The molecule has 0 aliphatic carbocycles. The highest BCUT2D eigenvalue weighted by Crippen LogP contribution is 2.30. The van der Waals surface area contributed by atoms with Crippen LogP contribution in [0.5, 0.6) is 0 Å². The number of rotatable bonds is 4. The van der Waals surface area contributed by atoms with Crippen LogP contribution >= 0.6 is 27.7 Å². The van der Waals surface area contributed by atoms with Gasteiger partial charge in [-0.15, -0.1) is 0 Å². The van der Waals surface area contributed by atoms with Crippen molar-refractivity contribution in [2.24, 2.45) is 0 Å². The van der Waals surface area contributed by atoms with Gasteiger partial charge in [0, 0.05) is 40.8 Å². The highest BCUT2D eigenvalue weighted by Gasteiger charge is 2.20. The van der Waals surface area contributed by atoms with E-state index in [1.165, 1.54) is 34.4 Å². The second-order valence-electron chi connectivity index (χ2n) is 4.65. The third kappa shape index (κ3) is 3.43. The fraction of sp³-hybridized carbons (Fsp3) is 0.571. The van der Waals surface area contributed by atoms with E-state index in [-0.39, 0.29) is 0 Å². The first-order valence-corrected chi connectivity index (χ1v) is 8.38. The lowest BCUT2D eigenvalue weighted by Crippen LogP contribution is -2.38. The van der Waals surface area contributed by atoms with Crippen molar-refractivity contribution in [1.82, 2.24) is 5.32 Å². The van der Waals surface area contributed by atoms with Gasteiger partial charge in [0.05, 0.1) is 0 Å². The summed E-state index contributed by atoms with van der Waals surface area (Å²) in [4.78, 5) is 2.54. The normalized spacial score (nSPS) is 20.2. The first-order valence-electron chi connectivity index (χ1n) is 6.54. The second kappa shape index (κ2) is 6.83. The molecule has 1 heterocycles. The van der Waals surface area contributed by atoms with Crippen LogP contribution in [0.4, 0.5) is 5.69 Å². The Balaban J connectivity index is 2.22. The standard InChI is InChI=1S/C14H21BrN2S/c1-3-13-10-17(6-7-18-13)14-8-12(15)5-4-11(14)9-16-2/h4-5,8,13,16H,3,6-7,9-10H2,1-2H3. The Bertz CT molecular complexity index is 397. The molecule has 1 saturated heterocycles. The molecular formula is C14H21BrN2S. The summed E-state index contributed by atoms with van der Waals surface area (Å²) in [6.45, 7) is 5.56. The number of halogens is 1. The van der Waals surface area contributed by atoms with Crippen LogP contribution in [-0.2, 0) is 6.54 Å². The number of benzene rings is 1. The van der Waals surface area contributed by atoms with Gasteiger partial charge in [0.1, 0.15) is 0 Å². The van der Waals surface area contributed by atoms with E-state index in [1.807, 2.05) is 7.05 Å². The lowest BCUT2D eigenvalue weighted by molar-refractivity contribution is 0.719. The molecule has 0 saturated carbocycles. The minimum absolute atomic E-state index is 0.778. The molecule has 1 fully saturated rings. The minimum atomic E-state index is 0.778. The molecule has 4 heteroatoms. The van der Waals surface area contributed by atoms with Crippen LogP contribution in [0, 0.1) is 0 Å².